The standard InChI is InChI=1S/C16H34N4O/c1-16(2,3)12-14(13-17)15(21)18-6-5-7-20-10-8-19(4)9-11-20/h14H,5-13,17H2,1-4H3,(H,18,21). The Morgan fingerprint density at radius 1 is 1.24 bits per heavy atom. The van der Waals surface area contributed by atoms with E-state index in [9.17, 15) is 4.79 Å². The summed E-state index contributed by atoms with van der Waals surface area (Å²) in [5.41, 5.74) is 5.88. The van der Waals surface area contributed by atoms with Crippen molar-refractivity contribution >= 4 is 5.91 Å². The minimum atomic E-state index is -0.0614. The van der Waals surface area contributed by atoms with Crippen molar-refractivity contribution in [1.29, 1.82) is 0 Å². The number of nitrogens with two attached hydrogens (primary N) is 1. The summed E-state index contributed by atoms with van der Waals surface area (Å²) in [5.74, 6) is 0.0550. The maximum absolute atomic E-state index is 12.1. The van der Waals surface area contributed by atoms with E-state index in [0.29, 0.717) is 6.54 Å². The van der Waals surface area contributed by atoms with Gasteiger partial charge in [0, 0.05) is 39.3 Å². The van der Waals surface area contributed by atoms with Crippen LogP contribution in [0.5, 0.6) is 0 Å². The van der Waals surface area contributed by atoms with Crippen molar-refractivity contribution in [3.8, 4) is 0 Å². The van der Waals surface area contributed by atoms with Gasteiger partial charge in [-0.2, -0.15) is 0 Å². The Kier molecular flexibility index (Phi) is 7.63. The van der Waals surface area contributed by atoms with Crippen molar-refractivity contribution in [2.75, 3.05) is 52.9 Å². The SMILES string of the molecule is CN1CCN(CCCNC(=O)C(CN)CC(C)(C)C)CC1. The third-order valence-corrected chi connectivity index (χ3v) is 4.06. The van der Waals surface area contributed by atoms with E-state index in [1.165, 1.54) is 0 Å². The number of carbonyl (C=O) groups excluding carboxylic acids is 1. The van der Waals surface area contributed by atoms with Gasteiger partial charge in [-0.05, 0) is 31.8 Å². The van der Waals surface area contributed by atoms with E-state index in [0.717, 1.165) is 52.1 Å². The largest absolute Gasteiger partial charge is 0.356 e. The Morgan fingerprint density at radius 2 is 1.86 bits per heavy atom. The molecule has 0 aliphatic carbocycles. The Balaban J connectivity index is 2.17. The molecule has 5 heteroatoms. The summed E-state index contributed by atoms with van der Waals surface area (Å²) >= 11 is 0. The van der Waals surface area contributed by atoms with Crippen LogP contribution in [0.2, 0.25) is 0 Å². The van der Waals surface area contributed by atoms with E-state index in [2.05, 4.69) is 42.9 Å². The molecule has 3 N–H and O–H groups in total. The zero-order valence-corrected chi connectivity index (χ0v) is 14.3. The summed E-state index contributed by atoms with van der Waals surface area (Å²) in [6.07, 6.45) is 1.86. The highest BCUT2D eigenvalue weighted by molar-refractivity contribution is 5.78. The lowest BCUT2D eigenvalue weighted by atomic mass is 9.84. The monoisotopic (exact) mass is 298 g/mol. The fourth-order valence-electron chi connectivity index (χ4n) is 2.75. The van der Waals surface area contributed by atoms with E-state index in [1.54, 1.807) is 0 Å². The van der Waals surface area contributed by atoms with Crippen molar-refractivity contribution in [1.82, 2.24) is 15.1 Å². The molecule has 0 radical (unpaired) electrons. The normalized spacial score (nSPS) is 19.5. The first-order chi connectivity index (χ1) is 9.81. The molecular weight excluding hydrogens is 264 g/mol. The highest BCUT2D eigenvalue weighted by Crippen LogP contribution is 2.23. The Hall–Kier alpha value is -0.650. The fraction of sp³-hybridized carbons (Fsp3) is 0.938. The van der Waals surface area contributed by atoms with Crippen LogP contribution >= 0.6 is 0 Å². The van der Waals surface area contributed by atoms with E-state index < -0.39 is 0 Å². The summed E-state index contributed by atoms with van der Waals surface area (Å²) in [7, 11) is 2.17. The molecule has 0 saturated carbocycles. The van der Waals surface area contributed by atoms with Gasteiger partial charge in [0.1, 0.15) is 0 Å². The maximum atomic E-state index is 12.1. The van der Waals surface area contributed by atoms with Gasteiger partial charge in [0.2, 0.25) is 5.91 Å². The number of carbonyl (C=O) groups is 1. The summed E-state index contributed by atoms with van der Waals surface area (Å²) in [6.45, 7) is 13.3. The van der Waals surface area contributed by atoms with Crippen molar-refractivity contribution in [3.05, 3.63) is 0 Å². The lowest BCUT2D eigenvalue weighted by Crippen LogP contribution is -2.45. The lowest BCUT2D eigenvalue weighted by Gasteiger charge is -2.32. The molecule has 1 unspecified atom stereocenters. The van der Waals surface area contributed by atoms with Gasteiger partial charge in [0.15, 0.2) is 0 Å². The van der Waals surface area contributed by atoms with Gasteiger partial charge in [-0.15, -0.1) is 0 Å². The van der Waals surface area contributed by atoms with Crippen LogP contribution < -0.4 is 11.1 Å². The number of likely N-dealkylation sites (N-methyl/N-ethyl adjacent to an activating group) is 1. The third-order valence-electron chi connectivity index (χ3n) is 4.06. The Bertz CT molecular complexity index is 306. The quantitative estimate of drug-likeness (QED) is 0.681. The summed E-state index contributed by atoms with van der Waals surface area (Å²) in [6, 6.07) is 0. The van der Waals surface area contributed by atoms with Gasteiger partial charge in [-0.3, -0.25) is 4.79 Å². The number of nitrogens with one attached hydrogen (secondary N) is 1. The van der Waals surface area contributed by atoms with Crippen LogP contribution in [-0.2, 0) is 4.79 Å². The van der Waals surface area contributed by atoms with Crippen LogP contribution in [0.1, 0.15) is 33.6 Å². The van der Waals surface area contributed by atoms with Gasteiger partial charge >= 0.3 is 0 Å². The molecule has 1 saturated heterocycles. The average Bonchev–Trinajstić information content (AvgIpc) is 2.41. The Labute approximate surface area is 130 Å². The number of hydrogen-bond donors (Lipinski definition) is 2. The van der Waals surface area contributed by atoms with Crippen LogP contribution in [0.3, 0.4) is 0 Å². The van der Waals surface area contributed by atoms with Gasteiger partial charge < -0.3 is 20.9 Å². The third kappa shape index (κ3) is 7.79. The van der Waals surface area contributed by atoms with Crippen molar-refractivity contribution in [2.24, 2.45) is 17.1 Å². The molecule has 1 aliphatic heterocycles. The van der Waals surface area contributed by atoms with E-state index >= 15 is 0 Å². The molecule has 1 amide bonds. The van der Waals surface area contributed by atoms with Crippen LogP contribution in [0.15, 0.2) is 0 Å². The van der Waals surface area contributed by atoms with Gasteiger partial charge in [0.25, 0.3) is 0 Å². The molecule has 0 aromatic heterocycles. The van der Waals surface area contributed by atoms with Crippen LogP contribution in [0.25, 0.3) is 0 Å². The number of nitrogens with zero attached hydrogens (tertiary/aromatic N) is 2. The molecule has 0 aromatic carbocycles. The summed E-state index contributed by atoms with van der Waals surface area (Å²) in [5, 5.41) is 3.05. The van der Waals surface area contributed by atoms with Crippen LogP contribution in [0, 0.1) is 11.3 Å². The minimum Gasteiger partial charge on any atom is -0.356 e. The molecule has 0 aromatic rings. The topological polar surface area (TPSA) is 61.6 Å². The molecule has 1 fully saturated rings. The highest BCUT2D eigenvalue weighted by atomic mass is 16.1. The van der Waals surface area contributed by atoms with Gasteiger partial charge in [-0.1, -0.05) is 20.8 Å². The molecule has 1 rings (SSSR count). The summed E-state index contributed by atoms with van der Waals surface area (Å²) in [4.78, 5) is 17.0. The zero-order valence-electron chi connectivity index (χ0n) is 14.3. The molecule has 5 nitrogen and oxygen atoms in total. The second-order valence-corrected chi connectivity index (χ2v) is 7.49. The summed E-state index contributed by atoms with van der Waals surface area (Å²) < 4.78 is 0. The first-order valence-electron chi connectivity index (χ1n) is 8.20. The van der Waals surface area contributed by atoms with E-state index in [1.807, 2.05) is 0 Å². The van der Waals surface area contributed by atoms with Gasteiger partial charge in [-0.25, -0.2) is 0 Å². The van der Waals surface area contributed by atoms with Gasteiger partial charge in [0.05, 0.1) is 5.92 Å². The molecular formula is C16H34N4O. The molecule has 1 aliphatic rings. The van der Waals surface area contributed by atoms with Crippen molar-refractivity contribution in [2.45, 2.75) is 33.6 Å². The molecule has 1 heterocycles. The molecule has 0 spiro atoms. The number of amides is 1. The Morgan fingerprint density at radius 3 is 2.38 bits per heavy atom. The molecule has 1 atom stereocenters. The van der Waals surface area contributed by atoms with Crippen molar-refractivity contribution in [3.63, 3.8) is 0 Å². The van der Waals surface area contributed by atoms with Crippen LogP contribution in [0.4, 0.5) is 0 Å². The average molecular weight is 298 g/mol. The number of hydrogen-bond acceptors (Lipinski definition) is 4. The van der Waals surface area contributed by atoms with E-state index in [-0.39, 0.29) is 17.2 Å². The number of rotatable bonds is 7. The second kappa shape index (κ2) is 8.71. The first-order valence-corrected chi connectivity index (χ1v) is 8.20. The van der Waals surface area contributed by atoms with E-state index in [4.69, 9.17) is 5.73 Å². The zero-order chi connectivity index (χ0) is 15.9. The maximum Gasteiger partial charge on any atom is 0.224 e. The number of piperazine rings is 1. The minimum absolute atomic E-state index is 0.0614. The lowest BCUT2D eigenvalue weighted by molar-refractivity contribution is -0.125. The van der Waals surface area contributed by atoms with Crippen LogP contribution in [-0.4, -0.2) is 68.6 Å². The molecule has 21 heavy (non-hydrogen) atoms. The fourth-order valence-corrected chi connectivity index (χ4v) is 2.75. The smallest absolute Gasteiger partial charge is 0.224 e. The van der Waals surface area contributed by atoms with Crippen molar-refractivity contribution < 1.29 is 4.79 Å². The molecule has 124 valence electrons. The second-order valence-electron chi connectivity index (χ2n) is 7.49. The predicted octanol–water partition coefficient (Wildman–Crippen LogP) is 0.751. The highest BCUT2D eigenvalue weighted by Gasteiger charge is 2.23. The predicted molar refractivity (Wildman–Crippen MR) is 88.2 cm³/mol. The first kappa shape index (κ1) is 18.4. The molecule has 0 bridgehead atoms.